The highest BCUT2D eigenvalue weighted by Gasteiger charge is 2.21. The van der Waals surface area contributed by atoms with Crippen LogP contribution in [-0.4, -0.2) is 21.9 Å². The van der Waals surface area contributed by atoms with Gasteiger partial charge < -0.3 is 10.8 Å². The third-order valence-electron chi connectivity index (χ3n) is 1.91. The Morgan fingerprint density at radius 3 is 2.41 bits per heavy atom. The zero-order valence-electron chi connectivity index (χ0n) is 8.49. The molecule has 0 aliphatic rings. The van der Waals surface area contributed by atoms with Crippen molar-refractivity contribution in [1.82, 2.24) is 0 Å². The summed E-state index contributed by atoms with van der Waals surface area (Å²) < 4.78 is 0. The highest BCUT2D eigenvalue weighted by Crippen LogP contribution is 2.25. The summed E-state index contributed by atoms with van der Waals surface area (Å²) in [6.45, 7) is 0. The van der Waals surface area contributed by atoms with Crippen molar-refractivity contribution in [2.75, 3.05) is 0 Å². The summed E-state index contributed by atoms with van der Waals surface area (Å²) in [4.78, 5) is 31.6. The molecule has 0 fully saturated rings. The van der Waals surface area contributed by atoms with Crippen LogP contribution in [0.2, 0.25) is 0 Å². The van der Waals surface area contributed by atoms with E-state index < -0.39 is 28.1 Å². The van der Waals surface area contributed by atoms with Crippen molar-refractivity contribution in [3.8, 4) is 0 Å². The van der Waals surface area contributed by atoms with E-state index in [1.54, 1.807) is 0 Å². The van der Waals surface area contributed by atoms with Crippen LogP contribution in [0.15, 0.2) is 30.3 Å². The maximum absolute atomic E-state index is 10.9. The second kappa shape index (κ2) is 4.88. The Hall–Kier alpha value is -2.70. The Morgan fingerprint density at radius 2 is 1.94 bits per heavy atom. The first-order valence-corrected chi connectivity index (χ1v) is 4.41. The molecule has 1 aromatic carbocycles. The summed E-state index contributed by atoms with van der Waals surface area (Å²) in [5, 5.41) is 19.6. The Morgan fingerprint density at radius 1 is 1.35 bits per heavy atom. The largest absolute Gasteiger partial charge is 0.478 e. The van der Waals surface area contributed by atoms with E-state index in [4.69, 9.17) is 10.8 Å². The number of nitro benzene ring substituents is 1. The molecule has 1 amide bonds. The molecule has 0 heterocycles. The topological polar surface area (TPSA) is 124 Å². The van der Waals surface area contributed by atoms with Gasteiger partial charge in [0.15, 0.2) is 0 Å². The second-order valence-electron chi connectivity index (χ2n) is 3.04. The van der Waals surface area contributed by atoms with Gasteiger partial charge in [-0.15, -0.1) is 0 Å². The number of benzene rings is 1. The summed E-state index contributed by atoms with van der Waals surface area (Å²) >= 11 is 0. The summed E-state index contributed by atoms with van der Waals surface area (Å²) in [6, 6.07) is 5.21. The predicted molar refractivity (Wildman–Crippen MR) is 57.9 cm³/mol. The molecule has 0 radical (unpaired) electrons. The van der Waals surface area contributed by atoms with E-state index in [1.165, 1.54) is 18.2 Å². The number of carbonyl (C=O) groups excluding carboxylic acids is 1. The Bertz CT molecular complexity index is 521. The highest BCUT2D eigenvalue weighted by atomic mass is 16.6. The van der Waals surface area contributed by atoms with E-state index in [1.807, 2.05) is 0 Å². The molecule has 1 rings (SSSR count). The fourth-order valence-corrected chi connectivity index (χ4v) is 1.26. The average molecular weight is 236 g/mol. The monoisotopic (exact) mass is 236 g/mol. The minimum atomic E-state index is -1.46. The Balaban J connectivity index is 3.44. The highest BCUT2D eigenvalue weighted by molar-refractivity contribution is 6.21. The van der Waals surface area contributed by atoms with Gasteiger partial charge in [0.05, 0.1) is 16.1 Å². The van der Waals surface area contributed by atoms with Crippen molar-refractivity contribution >= 4 is 23.1 Å². The van der Waals surface area contributed by atoms with Crippen molar-refractivity contribution in [2.24, 2.45) is 5.73 Å². The Labute approximate surface area is 95.3 Å². The summed E-state index contributed by atoms with van der Waals surface area (Å²) in [5.41, 5.74) is 3.77. The van der Waals surface area contributed by atoms with Gasteiger partial charge in [0.1, 0.15) is 0 Å². The first-order valence-electron chi connectivity index (χ1n) is 4.41. The minimum absolute atomic E-state index is 0.163. The van der Waals surface area contributed by atoms with E-state index >= 15 is 0 Å². The SMILES string of the molecule is NC(=O)C=C(C(=O)O)c1ccccc1[N+](=O)[O-]. The molecule has 7 heteroatoms. The second-order valence-corrected chi connectivity index (χ2v) is 3.04. The van der Waals surface area contributed by atoms with E-state index in [2.05, 4.69) is 0 Å². The van der Waals surface area contributed by atoms with Gasteiger partial charge in [-0.1, -0.05) is 12.1 Å². The molecular weight excluding hydrogens is 228 g/mol. The number of nitro groups is 1. The lowest BCUT2D eigenvalue weighted by Gasteiger charge is -2.02. The molecule has 0 saturated carbocycles. The van der Waals surface area contributed by atoms with Gasteiger partial charge in [0.25, 0.3) is 5.69 Å². The van der Waals surface area contributed by atoms with Gasteiger partial charge in [-0.3, -0.25) is 14.9 Å². The van der Waals surface area contributed by atoms with Gasteiger partial charge >= 0.3 is 5.97 Å². The van der Waals surface area contributed by atoms with Crippen LogP contribution >= 0.6 is 0 Å². The number of amides is 1. The Kier molecular flexibility index (Phi) is 3.55. The van der Waals surface area contributed by atoms with Crippen LogP contribution < -0.4 is 5.73 Å². The van der Waals surface area contributed by atoms with Crippen LogP contribution in [0.4, 0.5) is 5.69 Å². The predicted octanol–water partition coefficient (Wildman–Crippen LogP) is 0.548. The number of carboxylic acids is 1. The van der Waals surface area contributed by atoms with Crippen molar-refractivity contribution in [2.45, 2.75) is 0 Å². The standard InChI is InChI=1S/C10H8N2O5/c11-9(13)5-7(10(14)15)6-3-1-2-4-8(6)12(16)17/h1-5H,(H2,11,13)(H,14,15). The molecule has 0 bridgehead atoms. The molecule has 1 aromatic rings. The van der Waals surface area contributed by atoms with Gasteiger partial charge in [-0.2, -0.15) is 0 Å². The molecule has 17 heavy (non-hydrogen) atoms. The molecule has 88 valence electrons. The fourth-order valence-electron chi connectivity index (χ4n) is 1.26. The zero-order chi connectivity index (χ0) is 13.0. The number of rotatable bonds is 4. The van der Waals surface area contributed by atoms with E-state index in [-0.39, 0.29) is 5.56 Å². The maximum atomic E-state index is 10.9. The molecule has 0 spiro atoms. The van der Waals surface area contributed by atoms with Gasteiger partial charge in [-0.05, 0) is 6.07 Å². The first kappa shape index (κ1) is 12.4. The fraction of sp³-hybridized carbons (Fsp3) is 0. The summed E-state index contributed by atoms with van der Waals surface area (Å²) in [6.07, 6.45) is 0.644. The zero-order valence-corrected chi connectivity index (χ0v) is 8.49. The van der Waals surface area contributed by atoms with Crippen molar-refractivity contribution in [3.63, 3.8) is 0 Å². The van der Waals surface area contributed by atoms with E-state index in [0.29, 0.717) is 6.08 Å². The van der Waals surface area contributed by atoms with Crippen molar-refractivity contribution in [1.29, 1.82) is 0 Å². The molecular formula is C10H8N2O5. The van der Waals surface area contributed by atoms with Crippen LogP contribution in [0, 0.1) is 10.1 Å². The van der Waals surface area contributed by atoms with E-state index in [0.717, 1.165) is 6.07 Å². The number of primary amides is 1. The molecule has 0 aromatic heterocycles. The maximum Gasteiger partial charge on any atom is 0.336 e. The van der Waals surface area contributed by atoms with Crippen molar-refractivity contribution < 1.29 is 19.6 Å². The minimum Gasteiger partial charge on any atom is -0.478 e. The van der Waals surface area contributed by atoms with Crippen LogP contribution in [0.5, 0.6) is 0 Å². The first-order chi connectivity index (χ1) is 7.93. The molecule has 0 saturated heterocycles. The summed E-state index contributed by atoms with van der Waals surface area (Å²) in [5.74, 6) is -2.45. The van der Waals surface area contributed by atoms with Crippen LogP contribution in [-0.2, 0) is 9.59 Å². The normalized spacial score (nSPS) is 10.9. The molecule has 3 N–H and O–H groups in total. The van der Waals surface area contributed by atoms with Crippen molar-refractivity contribution in [3.05, 3.63) is 46.0 Å². The third kappa shape index (κ3) is 2.88. The molecule has 0 unspecified atom stereocenters. The number of para-hydroxylation sites is 1. The summed E-state index contributed by atoms with van der Waals surface area (Å²) in [7, 11) is 0. The van der Waals surface area contributed by atoms with Gasteiger partial charge in [0.2, 0.25) is 5.91 Å². The van der Waals surface area contributed by atoms with E-state index in [9.17, 15) is 19.7 Å². The number of carbonyl (C=O) groups is 2. The van der Waals surface area contributed by atoms with Gasteiger partial charge in [-0.25, -0.2) is 4.79 Å². The molecule has 7 nitrogen and oxygen atoms in total. The van der Waals surface area contributed by atoms with Crippen LogP contribution in [0.3, 0.4) is 0 Å². The molecule has 0 aliphatic carbocycles. The number of hydrogen-bond acceptors (Lipinski definition) is 4. The number of carboxylic acid groups (broad SMARTS) is 1. The third-order valence-corrected chi connectivity index (χ3v) is 1.91. The average Bonchev–Trinajstić information content (AvgIpc) is 2.25. The molecule has 0 atom stereocenters. The number of nitrogens with two attached hydrogens (primary N) is 1. The molecule has 0 aliphatic heterocycles. The smallest absolute Gasteiger partial charge is 0.336 e. The van der Waals surface area contributed by atoms with Gasteiger partial charge in [0, 0.05) is 12.1 Å². The van der Waals surface area contributed by atoms with Crippen LogP contribution in [0.1, 0.15) is 5.56 Å². The quantitative estimate of drug-likeness (QED) is 0.448. The van der Waals surface area contributed by atoms with Crippen LogP contribution in [0.25, 0.3) is 5.57 Å². The number of hydrogen-bond donors (Lipinski definition) is 2. The lowest BCUT2D eigenvalue weighted by atomic mass is 10.0. The number of nitrogens with zero attached hydrogens (tertiary/aromatic N) is 1. The number of aliphatic carboxylic acids is 1. The lowest BCUT2D eigenvalue weighted by Crippen LogP contribution is -2.11. The lowest BCUT2D eigenvalue weighted by molar-refractivity contribution is -0.385.